The van der Waals surface area contributed by atoms with E-state index in [0.717, 1.165) is 25.8 Å². The van der Waals surface area contributed by atoms with E-state index in [4.69, 9.17) is 0 Å². The largest absolute Gasteiger partial charge is 0.352 e. The monoisotopic (exact) mass is 407 g/mol. The van der Waals surface area contributed by atoms with Crippen molar-refractivity contribution in [3.63, 3.8) is 0 Å². The van der Waals surface area contributed by atoms with Crippen LogP contribution in [0.15, 0.2) is 29.2 Å². The molecule has 2 aliphatic rings. The molecule has 0 aromatic heterocycles. The van der Waals surface area contributed by atoms with E-state index in [9.17, 15) is 13.2 Å². The summed E-state index contributed by atoms with van der Waals surface area (Å²) in [5.74, 6) is -0.143. The van der Waals surface area contributed by atoms with Crippen molar-refractivity contribution in [2.75, 3.05) is 32.7 Å². The number of nitrogens with zero attached hydrogens (tertiary/aromatic N) is 2. The van der Waals surface area contributed by atoms with Gasteiger partial charge in [-0.2, -0.15) is 4.31 Å². The maximum absolute atomic E-state index is 12.5. The van der Waals surface area contributed by atoms with Gasteiger partial charge in [-0.1, -0.05) is 13.3 Å². The van der Waals surface area contributed by atoms with Crippen LogP contribution in [-0.4, -0.2) is 62.3 Å². The van der Waals surface area contributed by atoms with Crippen LogP contribution in [0.5, 0.6) is 0 Å². The third-order valence-corrected chi connectivity index (χ3v) is 7.86. The average molecular weight is 408 g/mol. The summed E-state index contributed by atoms with van der Waals surface area (Å²) in [6, 6.07) is 6.99. The molecule has 1 unspecified atom stereocenters. The number of piperidine rings is 1. The first-order valence-electron chi connectivity index (χ1n) is 10.6. The van der Waals surface area contributed by atoms with Crippen molar-refractivity contribution in [3.05, 3.63) is 29.8 Å². The molecule has 2 aliphatic heterocycles. The Bertz CT molecular complexity index is 743. The molecule has 1 aromatic carbocycles. The highest BCUT2D eigenvalue weighted by Gasteiger charge is 2.27. The molecule has 1 atom stereocenters. The van der Waals surface area contributed by atoms with Crippen molar-refractivity contribution < 1.29 is 13.2 Å². The van der Waals surface area contributed by atoms with Gasteiger partial charge in [-0.15, -0.1) is 0 Å². The maximum Gasteiger partial charge on any atom is 0.251 e. The smallest absolute Gasteiger partial charge is 0.251 e. The number of benzene rings is 1. The minimum atomic E-state index is -3.43. The Morgan fingerprint density at radius 2 is 1.75 bits per heavy atom. The van der Waals surface area contributed by atoms with E-state index in [1.54, 1.807) is 24.3 Å². The molecule has 1 N–H and O–H groups in total. The van der Waals surface area contributed by atoms with E-state index in [1.165, 1.54) is 36.5 Å². The second kappa shape index (κ2) is 9.85. The molecular weight excluding hydrogens is 374 g/mol. The lowest BCUT2D eigenvalue weighted by molar-refractivity contribution is 0.0947. The van der Waals surface area contributed by atoms with E-state index < -0.39 is 10.0 Å². The Hall–Kier alpha value is -1.44. The van der Waals surface area contributed by atoms with Crippen molar-refractivity contribution in [2.45, 2.75) is 62.8 Å². The molecule has 0 aliphatic carbocycles. The molecule has 156 valence electrons. The number of amides is 1. The Balaban J connectivity index is 1.47. The van der Waals surface area contributed by atoms with Crippen LogP contribution in [0, 0.1) is 0 Å². The first-order chi connectivity index (χ1) is 13.5. The summed E-state index contributed by atoms with van der Waals surface area (Å²) >= 11 is 0. The normalized spacial score (nSPS) is 21.7. The van der Waals surface area contributed by atoms with Crippen LogP contribution in [0.4, 0.5) is 0 Å². The predicted octanol–water partition coefficient (Wildman–Crippen LogP) is 2.86. The van der Waals surface area contributed by atoms with E-state index in [1.807, 2.05) is 0 Å². The summed E-state index contributed by atoms with van der Waals surface area (Å²) < 4.78 is 26.6. The fraction of sp³-hybridized carbons (Fsp3) is 0.667. The van der Waals surface area contributed by atoms with Gasteiger partial charge in [-0.25, -0.2) is 8.42 Å². The van der Waals surface area contributed by atoms with Gasteiger partial charge in [0.1, 0.15) is 0 Å². The number of carbonyl (C=O) groups excluding carboxylic acids is 1. The summed E-state index contributed by atoms with van der Waals surface area (Å²) in [5.41, 5.74) is 0.504. The fourth-order valence-corrected chi connectivity index (χ4v) is 5.78. The Morgan fingerprint density at radius 3 is 2.43 bits per heavy atom. The standard InChI is InChI=1S/C21H33N3O3S/c1-2-19-8-3-4-14-23(19)15-7-13-22-21(25)18-9-11-20(12-10-18)28(26,27)24-16-5-6-17-24/h9-12,19H,2-8,13-17H2,1H3,(H,22,25). The van der Waals surface area contributed by atoms with Gasteiger partial charge in [0.2, 0.25) is 10.0 Å². The van der Waals surface area contributed by atoms with Gasteiger partial charge in [0.05, 0.1) is 4.90 Å². The van der Waals surface area contributed by atoms with Crippen molar-refractivity contribution in [2.24, 2.45) is 0 Å². The van der Waals surface area contributed by atoms with Crippen molar-refractivity contribution in [1.82, 2.24) is 14.5 Å². The highest BCUT2D eigenvalue weighted by molar-refractivity contribution is 7.89. The van der Waals surface area contributed by atoms with Gasteiger partial charge in [0.25, 0.3) is 5.91 Å². The van der Waals surface area contributed by atoms with E-state index in [-0.39, 0.29) is 10.8 Å². The second-order valence-electron chi connectivity index (χ2n) is 7.84. The Morgan fingerprint density at radius 1 is 1.07 bits per heavy atom. The van der Waals surface area contributed by atoms with Crippen LogP contribution in [-0.2, 0) is 10.0 Å². The lowest BCUT2D eigenvalue weighted by Crippen LogP contribution is -2.40. The molecule has 7 heteroatoms. The number of likely N-dealkylation sites (tertiary alicyclic amines) is 1. The number of rotatable bonds is 8. The first-order valence-corrected chi connectivity index (χ1v) is 12.1. The molecule has 0 spiro atoms. The summed E-state index contributed by atoms with van der Waals surface area (Å²) in [7, 11) is -3.43. The molecule has 6 nitrogen and oxygen atoms in total. The molecule has 0 radical (unpaired) electrons. The Kier molecular flexibility index (Phi) is 7.48. The molecule has 0 saturated carbocycles. The van der Waals surface area contributed by atoms with Gasteiger partial charge < -0.3 is 10.2 Å². The molecule has 1 amide bonds. The number of hydrogen-bond acceptors (Lipinski definition) is 4. The molecule has 28 heavy (non-hydrogen) atoms. The highest BCUT2D eigenvalue weighted by atomic mass is 32.2. The van der Waals surface area contributed by atoms with E-state index in [2.05, 4.69) is 17.1 Å². The van der Waals surface area contributed by atoms with E-state index >= 15 is 0 Å². The number of carbonyl (C=O) groups is 1. The third kappa shape index (κ3) is 5.13. The van der Waals surface area contributed by atoms with Crippen LogP contribution in [0.25, 0.3) is 0 Å². The van der Waals surface area contributed by atoms with Gasteiger partial charge in [0.15, 0.2) is 0 Å². The zero-order valence-electron chi connectivity index (χ0n) is 16.9. The van der Waals surface area contributed by atoms with Crippen molar-refractivity contribution in [3.8, 4) is 0 Å². The number of hydrogen-bond donors (Lipinski definition) is 1. The minimum absolute atomic E-state index is 0.143. The molecule has 2 heterocycles. The molecule has 3 rings (SSSR count). The second-order valence-corrected chi connectivity index (χ2v) is 9.78. The fourth-order valence-electron chi connectivity index (χ4n) is 4.26. The molecule has 1 aromatic rings. The van der Waals surface area contributed by atoms with Crippen LogP contribution in [0.3, 0.4) is 0 Å². The summed E-state index contributed by atoms with van der Waals surface area (Å²) in [6.07, 6.45) is 7.84. The Labute approximate surface area is 169 Å². The van der Waals surface area contributed by atoms with Gasteiger partial charge in [0, 0.05) is 37.8 Å². The van der Waals surface area contributed by atoms with Crippen LogP contribution in [0.1, 0.15) is 62.2 Å². The predicted molar refractivity (Wildman–Crippen MR) is 111 cm³/mol. The highest BCUT2D eigenvalue weighted by Crippen LogP contribution is 2.21. The summed E-state index contributed by atoms with van der Waals surface area (Å²) in [5, 5.41) is 2.96. The van der Waals surface area contributed by atoms with Gasteiger partial charge in [-0.05, 0) is 69.3 Å². The summed E-state index contributed by atoms with van der Waals surface area (Å²) in [4.78, 5) is 15.2. The van der Waals surface area contributed by atoms with Crippen LogP contribution >= 0.6 is 0 Å². The number of sulfonamides is 1. The topological polar surface area (TPSA) is 69.7 Å². The van der Waals surface area contributed by atoms with Gasteiger partial charge in [-0.3, -0.25) is 4.79 Å². The summed E-state index contributed by atoms with van der Waals surface area (Å²) in [6.45, 7) is 6.24. The molecule has 0 bridgehead atoms. The zero-order valence-corrected chi connectivity index (χ0v) is 17.7. The molecule has 2 saturated heterocycles. The quantitative estimate of drug-likeness (QED) is 0.673. The molecular formula is C21H33N3O3S. The molecule has 2 fully saturated rings. The van der Waals surface area contributed by atoms with Crippen molar-refractivity contribution >= 4 is 15.9 Å². The van der Waals surface area contributed by atoms with Crippen LogP contribution < -0.4 is 5.32 Å². The number of nitrogens with one attached hydrogen (secondary N) is 1. The third-order valence-electron chi connectivity index (χ3n) is 5.95. The lowest BCUT2D eigenvalue weighted by atomic mass is 10.00. The maximum atomic E-state index is 12.5. The average Bonchev–Trinajstić information content (AvgIpc) is 3.27. The van der Waals surface area contributed by atoms with E-state index in [0.29, 0.717) is 31.2 Å². The minimum Gasteiger partial charge on any atom is -0.352 e. The zero-order chi connectivity index (χ0) is 20.0. The lowest BCUT2D eigenvalue weighted by Gasteiger charge is -2.35. The van der Waals surface area contributed by atoms with Crippen LogP contribution in [0.2, 0.25) is 0 Å². The SMILES string of the molecule is CCC1CCCCN1CCCNC(=O)c1ccc(S(=O)(=O)N2CCCC2)cc1. The van der Waals surface area contributed by atoms with Crippen molar-refractivity contribution in [1.29, 1.82) is 0 Å². The first kappa shape index (κ1) is 21.3. The van der Waals surface area contributed by atoms with Gasteiger partial charge >= 0.3 is 0 Å².